The van der Waals surface area contributed by atoms with Crippen molar-refractivity contribution in [2.24, 2.45) is 11.3 Å². The summed E-state index contributed by atoms with van der Waals surface area (Å²) >= 11 is 1.82. The van der Waals surface area contributed by atoms with E-state index in [0.29, 0.717) is 11.3 Å². The summed E-state index contributed by atoms with van der Waals surface area (Å²) in [5.74, 6) is 3.04. The van der Waals surface area contributed by atoms with E-state index in [9.17, 15) is 0 Å². The van der Waals surface area contributed by atoms with E-state index in [0.717, 1.165) is 46.1 Å². The van der Waals surface area contributed by atoms with Crippen molar-refractivity contribution in [2.45, 2.75) is 40.0 Å². The predicted molar refractivity (Wildman–Crippen MR) is 115 cm³/mol. The van der Waals surface area contributed by atoms with Gasteiger partial charge in [-0.3, -0.25) is 0 Å². The molecule has 0 fully saturated rings. The summed E-state index contributed by atoms with van der Waals surface area (Å²) in [6.45, 7) is 7.04. The average Bonchev–Trinajstić information content (AvgIpc) is 3.06. The molecule has 0 amide bonds. The Balaban J connectivity index is 1.73. The SMILES string of the molecule is COc1ccc(Nc2ncnc3sc4c(c23)CCC(C(C)(C)C)C4)c(OC)c1. The van der Waals surface area contributed by atoms with Crippen LogP contribution in [0.4, 0.5) is 11.5 Å². The third-order valence-corrected chi connectivity index (χ3v) is 6.89. The minimum Gasteiger partial charge on any atom is -0.497 e. The highest BCUT2D eigenvalue weighted by Crippen LogP contribution is 2.45. The van der Waals surface area contributed by atoms with Gasteiger partial charge in [0, 0.05) is 10.9 Å². The molecule has 0 bridgehead atoms. The number of anilines is 2. The van der Waals surface area contributed by atoms with E-state index in [4.69, 9.17) is 9.47 Å². The molecule has 1 N–H and O–H groups in total. The third kappa shape index (κ3) is 3.41. The van der Waals surface area contributed by atoms with Crippen molar-refractivity contribution in [3.05, 3.63) is 35.0 Å². The normalized spacial score (nSPS) is 16.7. The maximum atomic E-state index is 5.53. The van der Waals surface area contributed by atoms with E-state index in [2.05, 4.69) is 36.1 Å². The third-order valence-electron chi connectivity index (χ3n) is 5.73. The fourth-order valence-corrected chi connectivity index (χ4v) is 5.24. The van der Waals surface area contributed by atoms with E-state index in [1.165, 1.54) is 16.9 Å². The standard InChI is InChI=1S/C22H27N3O2S/c1-22(2,3)13-6-8-15-18(10-13)28-21-19(15)20(23-12-24-21)25-16-9-7-14(26-4)11-17(16)27-5/h7,9,11-13H,6,8,10H2,1-5H3,(H,23,24,25). The molecule has 1 aliphatic rings. The van der Waals surface area contributed by atoms with Gasteiger partial charge in [-0.2, -0.15) is 0 Å². The van der Waals surface area contributed by atoms with Gasteiger partial charge in [0.05, 0.1) is 25.3 Å². The predicted octanol–water partition coefficient (Wildman–Crippen LogP) is 5.60. The molecule has 2 aromatic heterocycles. The second-order valence-corrected chi connectivity index (χ2v) is 9.49. The van der Waals surface area contributed by atoms with E-state index in [1.54, 1.807) is 20.5 Å². The van der Waals surface area contributed by atoms with Gasteiger partial charge in [-0.15, -0.1) is 11.3 Å². The van der Waals surface area contributed by atoms with Gasteiger partial charge < -0.3 is 14.8 Å². The second-order valence-electron chi connectivity index (χ2n) is 8.40. The molecule has 1 aliphatic carbocycles. The number of ether oxygens (including phenoxy) is 2. The summed E-state index contributed by atoms with van der Waals surface area (Å²) in [5.41, 5.74) is 2.61. The number of thiophene rings is 1. The van der Waals surface area contributed by atoms with Gasteiger partial charge in [-0.05, 0) is 48.3 Å². The van der Waals surface area contributed by atoms with Crippen LogP contribution in [0, 0.1) is 11.3 Å². The summed E-state index contributed by atoms with van der Waals surface area (Å²) < 4.78 is 10.8. The number of nitrogens with zero attached hydrogens (tertiary/aromatic N) is 2. The van der Waals surface area contributed by atoms with Crippen molar-refractivity contribution in [1.29, 1.82) is 0 Å². The van der Waals surface area contributed by atoms with Gasteiger partial charge in [0.15, 0.2) is 0 Å². The van der Waals surface area contributed by atoms with E-state index < -0.39 is 0 Å². The largest absolute Gasteiger partial charge is 0.497 e. The topological polar surface area (TPSA) is 56.3 Å². The zero-order valence-electron chi connectivity index (χ0n) is 17.1. The molecule has 0 saturated carbocycles. The second kappa shape index (κ2) is 7.24. The Morgan fingerprint density at radius 2 is 1.96 bits per heavy atom. The van der Waals surface area contributed by atoms with E-state index in [1.807, 2.05) is 29.5 Å². The number of aromatic nitrogens is 2. The molecule has 0 radical (unpaired) electrons. The van der Waals surface area contributed by atoms with Crippen molar-refractivity contribution in [3.63, 3.8) is 0 Å². The number of hydrogen-bond acceptors (Lipinski definition) is 6. The smallest absolute Gasteiger partial charge is 0.146 e. The van der Waals surface area contributed by atoms with Crippen molar-refractivity contribution in [1.82, 2.24) is 9.97 Å². The summed E-state index contributed by atoms with van der Waals surface area (Å²) in [4.78, 5) is 11.7. The Kier molecular flexibility index (Phi) is 4.91. The van der Waals surface area contributed by atoms with Crippen LogP contribution in [0.15, 0.2) is 24.5 Å². The van der Waals surface area contributed by atoms with Crippen LogP contribution in [-0.4, -0.2) is 24.2 Å². The number of methoxy groups -OCH3 is 2. The summed E-state index contributed by atoms with van der Waals surface area (Å²) in [6.07, 6.45) is 5.07. The molecule has 0 spiro atoms. The zero-order chi connectivity index (χ0) is 19.9. The molecule has 1 unspecified atom stereocenters. The highest BCUT2D eigenvalue weighted by molar-refractivity contribution is 7.19. The fourth-order valence-electron chi connectivity index (χ4n) is 3.97. The molecule has 4 rings (SSSR count). The van der Waals surface area contributed by atoms with Crippen molar-refractivity contribution in [3.8, 4) is 11.5 Å². The first-order chi connectivity index (χ1) is 13.4. The molecular formula is C22H27N3O2S. The molecule has 0 aliphatic heterocycles. The molecule has 1 atom stereocenters. The maximum Gasteiger partial charge on any atom is 0.146 e. The molecular weight excluding hydrogens is 370 g/mol. The molecule has 3 aromatic rings. The number of fused-ring (bicyclic) bond motifs is 3. The zero-order valence-corrected chi connectivity index (χ0v) is 17.9. The minimum atomic E-state index is 0.330. The fraction of sp³-hybridized carbons (Fsp3) is 0.455. The van der Waals surface area contributed by atoms with Crippen molar-refractivity contribution < 1.29 is 9.47 Å². The lowest BCUT2D eigenvalue weighted by Gasteiger charge is -2.33. The molecule has 1 aromatic carbocycles. The summed E-state index contributed by atoms with van der Waals surface area (Å²) in [6, 6.07) is 5.75. The van der Waals surface area contributed by atoms with Crippen molar-refractivity contribution >= 4 is 33.1 Å². The number of benzene rings is 1. The van der Waals surface area contributed by atoms with Gasteiger partial charge in [0.1, 0.15) is 28.5 Å². The van der Waals surface area contributed by atoms with Crippen LogP contribution in [0.5, 0.6) is 11.5 Å². The van der Waals surface area contributed by atoms with Gasteiger partial charge >= 0.3 is 0 Å². The van der Waals surface area contributed by atoms with Gasteiger partial charge in [0.25, 0.3) is 0 Å². The Morgan fingerprint density at radius 3 is 2.68 bits per heavy atom. The number of hydrogen-bond donors (Lipinski definition) is 1. The molecule has 5 nitrogen and oxygen atoms in total. The number of rotatable bonds is 4. The quantitative estimate of drug-likeness (QED) is 0.621. The molecule has 0 saturated heterocycles. The van der Waals surface area contributed by atoms with Crippen molar-refractivity contribution in [2.75, 3.05) is 19.5 Å². The van der Waals surface area contributed by atoms with Crippen LogP contribution in [0.1, 0.15) is 37.6 Å². The van der Waals surface area contributed by atoms with Crippen LogP contribution in [-0.2, 0) is 12.8 Å². The van der Waals surface area contributed by atoms with Crippen LogP contribution < -0.4 is 14.8 Å². The Morgan fingerprint density at radius 1 is 1.14 bits per heavy atom. The highest BCUT2D eigenvalue weighted by Gasteiger charge is 2.31. The molecule has 2 heterocycles. The highest BCUT2D eigenvalue weighted by atomic mass is 32.1. The number of nitrogens with one attached hydrogen (secondary N) is 1. The van der Waals surface area contributed by atoms with Gasteiger partial charge in [-0.25, -0.2) is 9.97 Å². The Labute approximate surface area is 170 Å². The van der Waals surface area contributed by atoms with E-state index in [-0.39, 0.29) is 0 Å². The number of aryl methyl sites for hydroxylation is 1. The lowest BCUT2D eigenvalue weighted by molar-refractivity contribution is 0.218. The van der Waals surface area contributed by atoms with Crippen LogP contribution >= 0.6 is 11.3 Å². The summed E-state index contributed by atoms with van der Waals surface area (Å²) in [5, 5.41) is 4.63. The van der Waals surface area contributed by atoms with Gasteiger partial charge in [0.2, 0.25) is 0 Å². The molecule has 6 heteroatoms. The van der Waals surface area contributed by atoms with Crippen LogP contribution in [0.3, 0.4) is 0 Å². The molecule has 28 heavy (non-hydrogen) atoms. The first-order valence-corrected chi connectivity index (χ1v) is 10.5. The van der Waals surface area contributed by atoms with Crippen LogP contribution in [0.2, 0.25) is 0 Å². The van der Waals surface area contributed by atoms with E-state index >= 15 is 0 Å². The Bertz CT molecular complexity index is 1010. The molecule has 148 valence electrons. The van der Waals surface area contributed by atoms with Gasteiger partial charge in [-0.1, -0.05) is 20.8 Å². The summed E-state index contributed by atoms with van der Waals surface area (Å²) in [7, 11) is 3.31. The minimum absolute atomic E-state index is 0.330. The van der Waals surface area contributed by atoms with Crippen LogP contribution in [0.25, 0.3) is 10.2 Å². The lowest BCUT2D eigenvalue weighted by Crippen LogP contribution is -2.26. The lowest BCUT2D eigenvalue weighted by atomic mass is 9.72. The average molecular weight is 398 g/mol. The first-order valence-electron chi connectivity index (χ1n) is 9.65. The maximum absolute atomic E-state index is 5.53. The Hall–Kier alpha value is -2.34. The monoisotopic (exact) mass is 397 g/mol. The first kappa shape index (κ1) is 19.0.